The van der Waals surface area contributed by atoms with Gasteiger partial charge in [-0.3, -0.25) is 14.3 Å². The minimum atomic E-state index is -4.11. The molecule has 2 aromatic carbocycles. The Morgan fingerprint density at radius 1 is 1.06 bits per heavy atom. The molecule has 0 aromatic heterocycles. The Bertz CT molecular complexity index is 1120. The number of rotatable bonds is 10. The minimum absolute atomic E-state index is 0.125. The molecule has 3 rings (SSSR count). The summed E-state index contributed by atoms with van der Waals surface area (Å²) in [5.41, 5.74) is 0.446. The molecule has 0 radical (unpaired) electrons. The SMILES string of the molecule is COCCCNC(=O)c1ccccc1NS(=O)(=O)c1ccc(OC)c(C(=O)N2CCOCC2)c1. The summed E-state index contributed by atoms with van der Waals surface area (Å²) in [5.74, 6) is -0.480. The molecule has 0 spiro atoms. The van der Waals surface area contributed by atoms with E-state index in [0.29, 0.717) is 45.9 Å². The highest BCUT2D eigenvalue weighted by molar-refractivity contribution is 7.92. The highest BCUT2D eigenvalue weighted by Gasteiger charge is 2.25. The molecule has 0 saturated carbocycles. The maximum absolute atomic E-state index is 13.2. The third-order valence-corrected chi connectivity index (χ3v) is 6.60. The normalized spacial score (nSPS) is 13.9. The number of para-hydroxylation sites is 1. The van der Waals surface area contributed by atoms with Gasteiger partial charge in [-0.1, -0.05) is 12.1 Å². The standard InChI is InChI=1S/C23H29N3O7S/c1-31-13-5-10-24-22(27)18-6-3-4-7-20(18)25-34(29,30)17-8-9-21(32-2)19(16-17)23(28)26-11-14-33-15-12-26/h3-4,6-9,16,25H,5,10-15H2,1-2H3,(H,24,27). The van der Waals surface area contributed by atoms with Crippen molar-refractivity contribution in [3.8, 4) is 5.75 Å². The monoisotopic (exact) mass is 491 g/mol. The number of nitrogens with zero attached hydrogens (tertiary/aromatic N) is 1. The fraction of sp³-hybridized carbons (Fsp3) is 0.391. The lowest BCUT2D eigenvalue weighted by Gasteiger charge is -2.27. The van der Waals surface area contributed by atoms with E-state index in [1.165, 1.54) is 37.4 Å². The lowest BCUT2D eigenvalue weighted by Crippen LogP contribution is -2.40. The van der Waals surface area contributed by atoms with Gasteiger partial charge in [-0.25, -0.2) is 8.42 Å². The largest absolute Gasteiger partial charge is 0.496 e. The van der Waals surface area contributed by atoms with Crippen LogP contribution < -0.4 is 14.8 Å². The van der Waals surface area contributed by atoms with Crippen molar-refractivity contribution in [3.05, 3.63) is 53.6 Å². The second kappa shape index (κ2) is 11.8. The fourth-order valence-corrected chi connectivity index (χ4v) is 4.55. The lowest BCUT2D eigenvalue weighted by molar-refractivity contribution is 0.0300. The van der Waals surface area contributed by atoms with Crippen LogP contribution >= 0.6 is 0 Å². The average molecular weight is 492 g/mol. The molecule has 2 amide bonds. The Kier molecular flexibility index (Phi) is 8.85. The van der Waals surface area contributed by atoms with Crippen LogP contribution in [0.25, 0.3) is 0 Å². The summed E-state index contributed by atoms with van der Waals surface area (Å²) in [5, 5.41) is 2.74. The fourth-order valence-electron chi connectivity index (χ4n) is 3.45. The predicted molar refractivity (Wildman–Crippen MR) is 126 cm³/mol. The first-order valence-corrected chi connectivity index (χ1v) is 12.3. The number of ether oxygens (including phenoxy) is 3. The van der Waals surface area contributed by atoms with E-state index in [9.17, 15) is 18.0 Å². The second-order valence-corrected chi connectivity index (χ2v) is 9.20. The molecule has 184 valence electrons. The van der Waals surface area contributed by atoms with Gasteiger partial charge in [0.05, 0.1) is 42.0 Å². The molecule has 11 heteroatoms. The number of hydrogen-bond acceptors (Lipinski definition) is 7. The summed E-state index contributed by atoms with van der Waals surface area (Å²) in [6, 6.07) is 10.4. The Morgan fingerprint density at radius 3 is 2.50 bits per heavy atom. The highest BCUT2D eigenvalue weighted by atomic mass is 32.2. The minimum Gasteiger partial charge on any atom is -0.496 e. The van der Waals surface area contributed by atoms with Gasteiger partial charge in [0.15, 0.2) is 0 Å². The van der Waals surface area contributed by atoms with Crippen LogP contribution in [0.1, 0.15) is 27.1 Å². The first kappa shape index (κ1) is 25.5. The van der Waals surface area contributed by atoms with Crippen molar-refractivity contribution < 1.29 is 32.2 Å². The molecule has 1 saturated heterocycles. The number of sulfonamides is 1. The van der Waals surface area contributed by atoms with E-state index in [0.717, 1.165) is 0 Å². The van der Waals surface area contributed by atoms with Gasteiger partial charge in [0.2, 0.25) is 0 Å². The molecular formula is C23H29N3O7S. The van der Waals surface area contributed by atoms with Crippen molar-refractivity contribution in [2.45, 2.75) is 11.3 Å². The molecule has 1 heterocycles. The molecule has 1 aliphatic rings. The molecule has 10 nitrogen and oxygen atoms in total. The number of methoxy groups -OCH3 is 2. The quantitative estimate of drug-likeness (QED) is 0.485. The van der Waals surface area contributed by atoms with Crippen LogP contribution in [0.4, 0.5) is 5.69 Å². The van der Waals surface area contributed by atoms with Crippen LogP contribution in [-0.4, -0.2) is 78.8 Å². The third kappa shape index (κ3) is 6.25. The molecule has 2 aromatic rings. The van der Waals surface area contributed by atoms with E-state index in [4.69, 9.17) is 14.2 Å². The van der Waals surface area contributed by atoms with E-state index in [1.807, 2.05) is 0 Å². The topological polar surface area (TPSA) is 123 Å². The molecule has 1 aliphatic heterocycles. The first-order valence-electron chi connectivity index (χ1n) is 10.8. The number of hydrogen-bond donors (Lipinski definition) is 2. The number of carbonyl (C=O) groups is 2. The van der Waals surface area contributed by atoms with Crippen molar-refractivity contribution in [2.75, 3.05) is 58.4 Å². The number of anilines is 1. The summed E-state index contributed by atoms with van der Waals surface area (Å²) in [4.78, 5) is 27.1. The Morgan fingerprint density at radius 2 is 1.79 bits per heavy atom. The van der Waals surface area contributed by atoms with Crippen LogP contribution in [-0.2, 0) is 19.5 Å². The van der Waals surface area contributed by atoms with Crippen molar-refractivity contribution in [1.82, 2.24) is 10.2 Å². The van der Waals surface area contributed by atoms with Crippen molar-refractivity contribution in [3.63, 3.8) is 0 Å². The lowest BCUT2D eigenvalue weighted by atomic mass is 10.1. The summed E-state index contributed by atoms with van der Waals surface area (Å²) in [6.07, 6.45) is 0.627. The van der Waals surface area contributed by atoms with E-state index >= 15 is 0 Å². The molecule has 34 heavy (non-hydrogen) atoms. The number of morpholine rings is 1. The zero-order valence-electron chi connectivity index (χ0n) is 19.2. The van der Waals surface area contributed by atoms with Crippen LogP contribution in [0.15, 0.2) is 47.4 Å². The molecule has 2 N–H and O–H groups in total. The first-order chi connectivity index (χ1) is 16.4. The van der Waals surface area contributed by atoms with Crippen LogP contribution in [0.2, 0.25) is 0 Å². The highest BCUT2D eigenvalue weighted by Crippen LogP contribution is 2.26. The van der Waals surface area contributed by atoms with Gasteiger partial charge in [-0.05, 0) is 36.8 Å². The number of amides is 2. The zero-order chi connectivity index (χ0) is 24.6. The van der Waals surface area contributed by atoms with Gasteiger partial charge in [-0.2, -0.15) is 0 Å². The molecule has 0 atom stereocenters. The van der Waals surface area contributed by atoms with Gasteiger partial charge in [0, 0.05) is 33.4 Å². The maximum Gasteiger partial charge on any atom is 0.261 e. The van der Waals surface area contributed by atoms with E-state index in [-0.39, 0.29) is 33.4 Å². The van der Waals surface area contributed by atoms with E-state index < -0.39 is 15.9 Å². The van der Waals surface area contributed by atoms with Crippen molar-refractivity contribution in [2.24, 2.45) is 0 Å². The molecule has 1 fully saturated rings. The van der Waals surface area contributed by atoms with Gasteiger partial charge in [0.25, 0.3) is 21.8 Å². The smallest absolute Gasteiger partial charge is 0.261 e. The van der Waals surface area contributed by atoms with Gasteiger partial charge >= 0.3 is 0 Å². The van der Waals surface area contributed by atoms with Gasteiger partial charge in [0.1, 0.15) is 5.75 Å². The Hall–Kier alpha value is -3.15. The van der Waals surface area contributed by atoms with E-state index in [1.54, 1.807) is 24.1 Å². The van der Waals surface area contributed by atoms with Gasteiger partial charge < -0.3 is 24.4 Å². The summed E-state index contributed by atoms with van der Waals surface area (Å²) < 4.78 is 44.4. The molecule has 0 bridgehead atoms. The van der Waals surface area contributed by atoms with Crippen molar-refractivity contribution in [1.29, 1.82) is 0 Å². The second-order valence-electron chi connectivity index (χ2n) is 7.52. The predicted octanol–water partition coefficient (Wildman–Crippen LogP) is 1.73. The van der Waals surface area contributed by atoms with Crippen LogP contribution in [0.3, 0.4) is 0 Å². The molecular weight excluding hydrogens is 462 g/mol. The average Bonchev–Trinajstić information content (AvgIpc) is 2.86. The number of nitrogens with one attached hydrogen (secondary N) is 2. The summed E-state index contributed by atoms with van der Waals surface area (Å²) >= 11 is 0. The summed E-state index contributed by atoms with van der Waals surface area (Å²) in [6.45, 7) is 2.53. The van der Waals surface area contributed by atoms with Crippen LogP contribution in [0.5, 0.6) is 5.75 Å². The number of carbonyl (C=O) groups excluding carboxylic acids is 2. The third-order valence-electron chi connectivity index (χ3n) is 5.24. The number of benzene rings is 2. The summed E-state index contributed by atoms with van der Waals surface area (Å²) in [7, 11) is -1.12. The van der Waals surface area contributed by atoms with Crippen LogP contribution in [0, 0.1) is 0 Å². The molecule has 0 aliphatic carbocycles. The maximum atomic E-state index is 13.2. The molecule has 0 unspecified atom stereocenters. The van der Waals surface area contributed by atoms with Crippen molar-refractivity contribution >= 4 is 27.5 Å². The van der Waals surface area contributed by atoms with Gasteiger partial charge in [-0.15, -0.1) is 0 Å². The Balaban J connectivity index is 1.84. The zero-order valence-corrected chi connectivity index (χ0v) is 20.0. The Labute approximate surface area is 199 Å². The van der Waals surface area contributed by atoms with E-state index in [2.05, 4.69) is 10.0 Å².